The second kappa shape index (κ2) is 8.58. The van der Waals surface area contributed by atoms with E-state index < -0.39 is 12.6 Å². The zero-order chi connectivity index (χ0) is 22.0. The fourth-order valence-corrected chi connectivity index (χ4v) is 3.68. The highest BCUT2D eigenvalue weighted by molar-refractivity contribution is 5.94. The van der Waals surface area contributed by atoms with Crippen molar-refractivity contribution in [2.75, 3.05) is 25.0 Å². The fourth-order valence-electron chi connectivity index (χ4n) is 3.68. The number of nitrogens with zero attached hydrogens (tertiary/aromatic N) is 6. The molecule has 0 radical (unpaired) electrons. The molecule has 0 saturated carbocycles. The number of amides is 1. The van der Waals surface area contributed by atoms with Gasteiger partial charge in [-0.1, -0.05) is 11.3 Å². The van der Waals surface area contributed by atoms with Gasteiger partial charge in [-0.25, -0.2) is 0 Å². The van der Waals surface area contributed by atoms with Gasteiger partial charge in [0.2, 0.25) is 5.91 Å². The smallest absolute Gasteiger partial charge is 0.309 e. The maximum Gasteiger partial charge on any atom is 0.390 e. The molecule has 1 aliphatic rings. The number of piperidine rings is 1. The molecule has 11 heteroatoms. The van der Waals surface area contributed by atoms with Crippen LogP contribution in [0.3, 0.4) is 0 Å². The molecule has 2 aromatic heterocycles. The lowest BCUT2D eigenvalue weighted by atomic mass is 9.96. The van der Waals surface area contributed by atoms with E-state index >= 15 is 0 Å². The number of aromatic nitrogens is 5. The van der Waals surface area contributed by atoms with E-state index in [0.717, 1.165) is 16.6 Å². The molecule has 0 spiro atoms. The minimum absolute atomic E-state index is 0.0257. The lowest BCUT2D eigenvalue weighted by molar-refractivity contribution is -0.139. The molecule has 3 aromatic rings. The molecule has 164 valence electrons. The summed E-state index contributed by atoms with van der Waals surface area (Å²) in [6, 6.07) is 7.36. The van der Waals surface area contributed by atoms with Crippen molar-refractivity contribution in [1.82, 2.24) is 30.1 Å². The highest BCUT2D eigenvalue weighted by Gasteiger charge is 2.30. The number of carbonyl (C=O) groups is 1. The molecule has 0 bridgehead atoms. The summed E-state index contributed by atoms with van der Waals surface area (Å²) in [5.41, 5.74) is 2.28. The van der Waals surface area contributed by atoms with Crippen LogP contribution >= 0.6 is 0 Å². The van der Waals surface area contributed by atoms with Gasteiger partial charge >= 0.3 is 6.18 Å². The molecule has 31 heavy (non-hydrogen) atoms. The van der Waals surface area contributed by atoms with Crippen molar-refractivity contribution in [1.29, 1.82) is 0 Å². The molecular formula is C20H22F3N7O. The van der Waals surface area contributed by atoms with Crippen LogP contribution < -0.4 is 5.32 Å². The number of alkyl halides is 3. The van der Waals surface area contributed by atoms with E-state index in [4.69, 9.17) is 0 Å². The Labute approximate surface area is 176 Å². The number of likely N-dealkylation sites (tertiary alicyclic amines) is 1. The molecule has 0 atom stereocenters. The second-order valence-corrected chi connectivity index (χ2v) is 7.75. The van der Waals surface area contributed by atoms with Gasteiger partial charge in [0.05, 0.1) is 18.1 Å². The first kappa shape index (κ1) is 21.2. The largest absolute Gasteiger partial charge is 0.390 e. The van der Waals surface area contributed by atoms with Crippen LogP contribution in [-0.2, 0) is 11.8 Å². The maximum atomic E-state index is 12.6. The number of nitrogens with one attached hydrogen (secondary N) is 1. The average molecular weight is 433 g/mol. The van der Waals surface area contributed by atoms with Crippen molar-refractivity contribution in [2.24, 2.45) is 13.0 Å². The van der Waals surface area contributed by atoms with Gasteiger partial charge in [-0.15, -0.1) is 15.3 Å². The van der Waals surface area contributed by atoms with Gasteiger partial charge < -0.3 is 10.2 Å². The summed E-state index contributed by atoms with van der Waals surface area (Å²) in [5, 5.41) is 19.9. The van der Waals surface area contributed by atoms with Crippen LogP contribution in [0.15, 0.2) is 30.5 Å². The zero-order valence-electron chi connectivity index (χ0n) is 16.9. The van der Waals surface area contributed by atoms with E-state index in [1.807, 2.05) is 18.2 Å². The monoisotopic (exact) mass is 433 g/mol. The predicted molar refractivity (Wildman–Crippen MR) is 108 cm³/mol. The van der Waals surface area contributed by atoms with Gasteiger partial charge in [0.25, 0.3) is 0 Å². The van der Waals surface area contributed by atoms with E-state index in [1.165, 1.54) is 0 Å². The summed E-state index contributed by atoms with van der Waals surface area (Å²) < 4.78 is 38.8. The Morgan fingerprint density at radius 3 is 2.61 bits per heavy atom. The summed E-state index contributed by atoms with van der Waals surface area (Å²) >= 11 is 0. The predicted octanol–water partition coefficient (Wildman–Crippen LogP) is 3.03. The van der Waals surface area contributed by atoms with Gasteiger partial charge in [-0.2, -0.15) is 13.2 Å². The number of rotatable bonds is 5. The molecule has 4 rings (SSSR count). The first-order chi connectivity index (χ1) is 14.8. The Morgan fingerprint density at radius 1 is 1.16 bits per heavy atom. The molecule has 1 aromatic carbocycles. The van der Waals surface area contributed by atoms with Crippen molar-refractivity contribution in [3.05, 3.63) is 30.5 Å². The van der Waals surface area contributed by atoms with Gasteiger partial charge in [0.15, 0.2) is 5.82 Å². The summed E-state index contributed by atoms with van der Waals surface area (Å²) in [4.78, 5) is 14.4. The molecule has 1 N–H and O–H groups in total. The summed E-state index contributed by atoms with van der Waals surface area (Å²) in [6.45, 7) is 0.917. The van der Waals surface area contributed by atoms with Crippen molar-refractivity contribution in [3.63, 3.8) is 0 Å². The van der Waals surface area contributed by atoms with E-state index in [0.29, 0.717) is 37.3 Å². The third-order valence-electron chi connectivity index (χ3n) is 5.40. The molecule has 0 aliphatic carbocycles. The van der Waals surface area contributed by atoms with Crippen LogP contribution in [0, 0.1) is 5.92 Å². The molecule has 1 aliphatic heterocycles. The van der Waals surface area contributed by atoms with Gasteiger partial charge in [-0.3, -0.25) is 9.48 Å². The topological polar surface area (TPSA) is 88.8 Å². The van der Waals surface area contributed by atoms with Crippen molar-refractivity contribution in [2.45, 2.75) is 25.4 Å². The minimum Gasteiger partial charge on any atom is -0.309 e. The van der Waals surface area contributed by atoms with E-state index in [-0.39, 0.29) is 18.4 Å². The lowest BCUT2D eigenvalue weighted by Crippen LogP contribution is -2.39. The Balaban J connectivity index is 1.38. The number of carbonyl (C=O) groups excluding carboxylic acids is 1. The number of aryl methyl sites for hydroxylation is 1. The van der Waals surface area contributed by atoms with Crippen LogP contribution in [-0.4, -0.2) is 61.8 Å². The number of fused-ring (bicyclic) bond motifs is 1. The number of halogens is 3. The maximum absolute atomic E-state index is 12.6. The van der Waals surface area contributed by atoms with Crippen molar-refractivity contribution in [3.8, 4) is 11.3 Å². The van der Waals surface area contributed by atoms with E-state index in [1.54, 1.807) is 28.9 Å². The van der Waals surface area contributed by atoms with Crippen LogP contribution in [0.4, 0.5) is 19.0 Å². The van der Waals surface area contributed by atoms with E-state index in [2.05, 4.69) is 25.8 Å². The Kier molecular flexibility index (Phi) is 5.86. The number of hydrogen-bond acceptors (Lipinski definition) is 6. The Morgan fingerprint density at radius 2 is 1.94 bits per heavy atom. The molecule has 1 fully saturated rings. The first-order valence-electron chi connectivity index (χ1n) is 10.0. The van der Waals surface area contributed by atoms with Gasteiger partial charge in [0.1, 0.15) is 5.69 Å². The van der Waals surface area contributed by atoms with Crippen LogP contribution in [0.1, 0.15) is 19.3 Å². The normalized spacial score (nSPS) is 16.0. The quantitative estimate of drug-likeness (QED) is 0.666. The third kappa shape index (κ3) is 5.35. The summed E-state index contributed by atoms with van der Waals surface area (Å²) in [7, 11) is 1.79. The molecule has 8 nitrogen and oxygen atoms in total. The van der Waals surface area contributed by atoms with Crippen molar-refractivity contribution < 1.29 is 18.0 Å². The Hall–Kier alpha value is -3.08. The molecular weight excluding hydrogens is 411 g/mol. The van der Waals surface area contributed by atoms with Crippen LogP contribution in [0.2, 0.25) is 0 Å². The van der Waals surface area contributed by atoms with E-state index in [9.17, 15) is 18.0 Å². The highest BCUT2D eigenvalue weighted by Crippen LogP contribution is 2.25. The standard InChI is InChI=1S/C20H22F3N7O/c1-29-12-17(26-28-29)14-2-3-16-15(10-14)11-18(27-25-16)24-19(31)13-4-7-30(8-5-13)9-6-20(21,22)23/h2-3,10-13H,4-9H2,1H3,(H,24,27,31). The minimum atomic E-state index is -4.16. The highest BCUT2D eigenvalue weighted by atomic mass is 19.4. The van der Waals surface area contributed by atoms with Gasteiger partial charge in [0, 0.05) is 30.5 Å². The number of anilines is 1. The molecule has 3 heterocycles. The fraction of sp³-hybridized carbons (Fsp3) is 0.450. The molecule has 0 unspecified atom stereocenters. The Bertz CT molecular complexity index is 1070. The van der Waals surface area contributed by atoms with Gasteiger partial charge in [-0.05, 0) is 44.1 Å². The number of benzene rings is 1. The average Bonchev–Trinajstić information content (AvgIpc) is 3.18. The van der Waals surface area contributed by atoms with Crippen LogP contribution in [0.5, 0.6) is 0 Å². The molecule has 1 amide bonds. The SMILES string of the molecule is Cn1cc(-c2ccc3nnc(NC(=O)C4CCN(CCC(F)(F)F)CC4)cc3c2)nn1. The van der Waals surface area contributed by atoms with Crippen molar-refractivity contribution >= 4 is 22.6 Å². The summed E-state index contributed by atoms with van der Waals surface area (Å²) in [6.07, 6.45) is -2.15. The third-order valence-corrected chi connectivity index (χ3v) is 5.40. The second-order valence-electron chi connectivity index (χ2n) is 7.75. The summed E-state index contributed by atoms with van der Waals surface area (Å²) in [5.74, 6) is -0.104. The zero-order valence-corrected chi connectivity index (χ0v) is 16.9. The van der Waals surface area contributed by atoms with Crippen LogP contribution in [0.25, 0.3) is 22.2 Å². The number of hydrogen-bond donors (Lipinski definition) is 1. The lowest BCUT2D eigenvalue weighted by Gasteiger charge is -2.31. The first-order valence-corrected chi connectivity index (χ1v) is 10.0. The molecule has 1 saturated heterocycles.